The lowest BCUT2D eigenvalue weighted by molar-refractivity contribution is -0.116. The summed E-state index contributed by atoms with van der Waals surface area (Å²) in [6.07, 6.45) is 0.509. The number of carbonyl (C=O) groups is 1. The van der Waals surface area contributed by atoms with Gasteiger partial charge in [-0.05, 0) is 32.4 Å². The standard InChI is InChI=1S/C20H24N6O/c1-13-10-14(2)22-20(21-13)23-17(12-16-8-6-5-7-9-16)19(27)24-18-11-15(3)26(4)25-18/h5-11,17H,12H2,1-4H3,(H,21,22,23)(H,24,25,27)/t17-/m1/s1. The van der Waals surface area contributed by atoms with Gasteiger partial charge in [-0.1, -0.05) is 30.3 Å². The van der Waals surface area contributed by atoms with E-state index in [2.05, 4.69) is 25.7 Å². The topological polar surface area (TPSA) is 84.7 Å². The molecule has 140 valence electrons. The van der Waals surface area contributed by atoms with Gasteiger partial charge in [0.15, 0.2) is 5.82 Å². The Balaban J connectivity index is 1.82. The monoisotopic (exact) mass is 364 g/mol. The first-order valence-electron chi connectivity index (χ1n) is 8.85. The number of aromatic nitrogens is 4. The molecular weight excluding hydrogens is 340 g/mol. The third-order valence-corrected chi connectivity index (χ3v) is 4.25. The van der Waals surface area contributed by atoms with E-state index >= 15 is 0 Å². The van der Waals surface area contributed by atoms with Crippen LogP contribution in [0.25, 0.3) is 0 Å². The third-order valence-electron chi connectivity index (χ3n) is 4.25. The van der Waals surface area contributed by atoms with Gasteiger partial charge in [-0.3, -0.25) is 9.48 Å². The number of rotatable bonds is 6. The summed E-state index contributed by atoms with van der Waals surface area (Å²) >= 11 is 0. The fourth-order valence-corrected chi connectivity index (χ4v) is 2.84. The minimum absolute atomic E-state index is 0.181. The van der Waals surface area contributed by atoms with Gasteiger partial charge >= 0.3 is 0 Å². The van der Waals surface area contributed by atoms with Crippen molar-refractivity contribution in [3.8, 4) is 0 Å². The minimum Gasteiger partial charge on any atom is -0.342 e. The lowest BCUT2D eigenvalue weighted by Crippen LogP contribution is -2.37. The zero-order chi connectivity index (χ0) is 19.4. The van der Waals surface area contributed by atoms with Crippen molar-refractivity contribution in [3.05, 3.63) is 65.1 Å². The van der Waals surface area contributed by atoms with Gasteiger partial charge in [0.05, 0.1) is 0 Å². The maximum atomic E-state index is 12.9. The SMILES string of the molecule is Cc1cc(C)nc(N[C@H](Cc2ccccc2)C(=O)Nc2cc(C)n(C)n2)n1. The Hall–Kier alpha value is -3.22. The summed E-state index contributed by atoms with van der Waals surface area (Å²) in [4.78, 5) is 21.7. The molecule has 0 bridgehead atoms. The van der Waals surface area contributed by atoms with Crippen molar-refractivity contribution in [1.29, 1.82) is 0 Å². The molecule has 2 heterocycles. The molecular formula is C20H24N6O. The lowest BCUT2D eigenvalue weighted by Gasteiger charge is -2.18. The Labute approximate surface area is 158 Å². The van der Waals surface area contributed by atoms with Gasteiger partial charge in [0.25, 0.3) is 0 Å². The molecule has 0 aliphatic carbocycles. The van der Waals surface area contributed by atoms with E-state index in [1.54, 1.807) is 4.68 Å². The fourth-order valence-electron chi connectivity index (χ4n) is 2.84. The van der Waals surface area contributed by atoms with Crippen LogP contribution in [0.5, 0.6) is 0 Å². The number of amides is 1. The second kappa shape index (κ2) is 7.99. The quantitative estimate of drug-likeness (QED) is 0.703. The smallest absolute Gasteiger partial charge is 0.248 e. The number of carbonyl (C=O) groups excluding carboxylic acids is 1. The maximum absolute atomic E-state index is 12.9. The maximum Gasteiger partial charge on any atom is 0.248 e. The highest BCUT2D eigenvalue weighted by Gasteiger charge is 2.21. The molecule has 0 saturated heterocycles. The minimum atomic E-state index is -0.532. The Bertz CT molecular complexity index is 895. The Morgan fingerprint density at radius 1 is 1.07 bits per heavy atom. The number of hydrogen-bond donors (Lipinski definition) is 2. The van der Waals surface area contributed by atoms with Gasteiger partial charge < -0.3 is 10.6 Å². The highest BCUT2D eigenvalue weighted by Crippen LogP contribution is 2.13. The van der Waals surface area contributed by atoms with Gasteiger partial charge in [0.1, 0.15) is 6.04 Å². The van der Waals surface area contributed by atoms with Crippen LogP contribution in [-0.4, -0.2) is 31.7 Å². The van der Waals surface area contributed by atoms with Crippen LogP contribution in [0.2, 0.25) is 0 Å². The van der Waals surface area contributed by atoms with E-state index in [0.29, 0.717) is 18.2 Å². The van der Waals surface area contributed by atoms with Crippen LogP contribution in [0.4, 0.5) is 11.8 Å². The molecule has 3 rings (SSSR count). The van der Waals surface area contributed by atoms with Crippen LogP contribution in [0.15, 0.2) is 42.5 Å². The van der Waals surface area contributed by atoms with E-state index < -0.39 is 6.04 Å². The van der Waals surface area contributed by atoms with E-state index in [9.17, 15) is 4.79 Å². The molecule has 2 N–H and O–H groups in total. The second-order valence-corrected chi connectivity index (χ2v) is 6.64. The highest BCUT2D eigenvalue weighted by atomic mass is 16.2. The van der Waals surface area contributed by atoms with E-state index in [4.69, 9.17) is 0 Å². The number of benzene rings is 1. The summed E-state index contributed by atoms with van der Waals surface area (Å²) in [5.41, 5.74) is 3.72. The summed E-state index contributed by atoms with van der Waals surface area (Å²) in [6, 6.07) is 13.1. The van der Waals surface area contributed by atoms with Crippen molar-refractivity contribution >= 4 is 17.7 Å². The molecule has 2 aromatic heterocycles. The molecule has 7 heteroatoms. The predicted molar refractivity (Wildman–Crippen MR) is 106 cm³/mol. The number of nitrogens with zero attached hydrogens (tertiary/aromatic N) is 4. The van der Waals surface area contributed by atoms with Crippen molar-refractivity contribution in [2.24, 2.45) is 7.05 Å². The van der Waals surface area contributed by atoms with E-state index in [1.165, 1.54) is 0 Å². The first kappa shape index (κ1) is 18.6. The van der Waals surface area contributed by atoms with Crippen LogP contribution >= 0.6 is 0 Å². The van der Waals surface area contributed by atoms with Crippen molar-refractivity contribution in [1.82, 2.24) is 19.7 Å². The van der Waals surface area contributed by atoms with Crippen molar-refractivity contribution < 1.29 is 4.79 Å². The molecule has 1 aromatic carbocycles. The average molecular weight is 364 g/mol. The van der Waals surface area contributed by atoms with Gasteiger partial charge in [0.2, 0.25) is 11.9 Å². The summed E-state index contributed by atoms with van der Waals surface area (Å²) in [5.74, 6) is 0.793. The summed E-state index contributed by atoms with van der Waals surface area (Å²) < 4.78 is 1.72. The molecule has 3 aromatic rings. The first-order chi connectivity index (χ1) is 12.9. The largest absolute Gasteiger partial charge is 0.342 e. The molecule has 0 saturated carbocycles. The number of anilines is 2. The molecule has 1 amide bonds. The Kier molecular flexibility index (Phi) is 5.49. The third kappa shape index (κ3) is 4.91. The molecule has 0 spiro atoms. The number of hydrogen-bond acceptors (Lipinski definition) is 5. The van der Waals surface area contributed by atoms with Crippen molar-refractivity contribution in [2.45, 2.75) is 33.2 Å². The molecule has 27 heavy (non-hydrogen) atoms. The molecule has 0 aliphatic rings. The van der Waals surface area contributed by atoms with E-state index in [-0.39, 0.29) is 5.91 Å². The summed E-state index contributed by atoms with van der Waals surface area (Å²) in [7, 11) is 1.84. The molecule has 7 nitrogen and oxygen atoms in total. The highest BCUT2D eigenvalue weighted by molar-refractivity contribution is 5.95. The lowest BCUT2D eigenvalue weighted by atomic mass is 10.1. The van der Waals surface area contributed by atoms with Crippen LogP contribution in [0.1, 0.15) is 22.6 Å². The fraction of sp³-hybridized carbons (Fsp3) is 0.300. The van der Waals surface area contributed by atoms with Crippen LogP contribution in [0.3, 0.4) is 0 Å². The van der Waals surface area contributed by atoms with Crippen molar-refractivity contribution in [3.63, 3.8) is 0 Å². The molecule has 0 unspecified atom stereocenters. The van der Waals surface area contributed by atoms with Gasteiger partial charge in [0, 0.05) is 36.6 Å². The average Bonchev–Trinajstić information content (AvgIpc) is 2.91. The van der Waals surface area contributed by atoms with E-state index in [0.717, 1.165) is 22.6 Å². The Morgan fingerprint density at radius 3 is 2.33 bits per heavy atom. The normalized spacial score (nSPS) is 11.9. The summed E-state index contributed by atoms with van der Waals surface area (Å²) in [5, 5.41) is 10.4. The number of nitrogens with one attached hydrogen (secondary N) is 2. The number of aryl methyl sites for hydroxylation is 4. The van der Waals surface area contributed by atoms with Crippen LogP contribution in [-0.2, 0) is 18.3 Å². The van der Waals surface area contributed by atoms with Gasteiger partial charge in [-0.15, -0.1) is 0 Å². The van der Waals surface area contributed by atoms with Gasteiger partial charge in [-0.2, -0.15) is 5.10 Å². The van der Waals surface area contributed by atoms with Crippen LogP contribution in [0, 0.1) is 20.8 Å². The first-order valence-corrected chi connectivity index (χ1v) is 8.85. The van der Waals surface area contributed by atoms with Crippen LogP contribution < -0.4 is 10.6 Å². The zero-order valence-electron chi connectivity index (χ0n) is 16.0. The van der Waals surface area contributed by atoms with Gasteiger partial charge in [-0.25, -0.2) is 9.97 Å². The summed E-state index contributed by atoms with van der Waals surface area (Å²) in [6.45, 7) is 5.75. The molecule has 0 radical (unpaired) electrons. The molecule has 1 atom stereocenters. The molecule has 0 fully saturated rings. The Morgan fingerprint density at radius 2 is 1.74 bits per heavy atom. The zero-order valence-corrected chi connectivity index (χ0v) is 16.0. The molecule has 0 aliphatic heterocycles. The predicted octanol–water partition coefficient (Wildman–Crippen LogP) is 2.80. The van der Waals surface area contributed by atoms with E-state index in [1.807, 2.05) is 70.3 Å². The second-order valence-electron chi connectivity index (χ2n) is 6.64. The van der Waals surface area contributed by atoms with Crippen molar-refractivity contribution in [2.75, 3.05) is 10.6 Å².